The van der Waals surface area contributed by atoms with Gasteiger partial charge in [-0.25, -0.2) is 12.7 Å². The van der Waals surface area contributed by atoms with Crippen molar-refractivity contribution in [2.75, 3.05) is 25.9 Å². The molecule has 1 saturated carbocycles. The summed E-state index contributed by atoms with van der Waals surface area (Å²) >= 11 is 0. The highest BCUT2D eigenvalue weighted by atomic mass is 32.2. The summed E-state index contributed by atoms with van der Waals surface area (Å²) in [6.45, 7) is 1.91. The number of nitrogens with one attached hydrogen (secondary N) is 1. The average molecular weight is 274 g/mol. The molecule has 2 aliphatic rings. The number of hydrogen-bond acceptors (Lipinski definition) is 3. The van der Waals surface area contributed by atoms with E-state index in [1.807, 2.05) is 0 Å². The van der Waals surface area contributed by atoms with E-state index in [1.54, 1.807) is 4.31 Å². The van der Waals surface area contributed by atoms with Crippen molar-refractivity contribution in [3.63, 3.8) is 0 Å². The van der Waals surface area contributed by atoms with Crippen LogP contribution >= 0.6 is 0 Å². The molecule has 0 amide bonds. The number of aliphatic imine (C=N–C) groups is 1. The third-order valence-electron chi connectivity index (χ3n) is 3.49. The van der Waals surface area contributed by atoms with Crippen molar-refractivity contribution in [2.45, 2.75) is 31.7 Å². The third-order valence-corrected chi connectivity index (χ3v) is 4.79. The predicted octanol–water partition coefficient (Wildman–Crippen LogP) is -0.275. The zero-order valence-corrected chi connectivity index (χ0v) is 11.6. The molecule has 1 heterocycles. The Morgan fingerprint density at radius 2 is 1.94 bits per heavy atom. The van der Waals surface area contributed by atoms with E-state index in [9.17, 15) is 8.42 Å². The van der Waals surface area contributed by atoms with Crippen LogP contribution in [0.3, 0.4) is 0 Å². The molecule has 1 aliphatic carbocycles. The van der Waals surface area contributed by atoms with Crippen molar-refractivity contribution < 1.29 is 8.42 Å². The molecule has 0 unspecified atom stereocenters. The Morgan fingerprint density at radius 3 is 2.44 bits per heavy atom. The van der Waals surface area contributed by atoms with Crippen molar-refractivity contribution in [1.29, 1.82) is 0 Å². The van der Waals surface area contributed by atoms with Crippen molar-refractivity contribution >= 4 is 16.0 Å². The molecule has 3 N–H and O–H groups in total. The lowest BCUT2D eigenvalue weighted by molar-refractivity contribution is 0.280. The van der Waals surface area contributed by atoms with Gasteiger partial charge in [-0.15, -0.1) is 0 Å². The molecule has 0 radical (unpaired) electrons. The molecule has 6 nitrogen and oxygen atoms in total. The number of nitrogens with two attached hydrogens (primary N) is 1. The van der Waals surface area contributed by atoms with Gasteiger partial charge in [0, 0.05) is 25.7 Å². The van der Waals surface area contributed by atoms with E-state index in [4.69, 9.17) is 5.73 Å². The minimum atomic E-state index is -3.03. The van der Waals surface area contributed by atoms with Gasteiger partial charge in [-0.3, -0.25) is 4.99 Å². The van der Waals surface area contributed by atoms with E-state index in [0.29, 0.717) is 37.6 Å². The summed E-state index contributed by atoms with van der Waals surface area (Å²) in [7, 11) is -3.03. The monoisotopic (exact) mass is 274 g/mol. The van der Waals surface area contributed by atoms with Gasteiger partial charge in [-0.05, 0) is 31.6 Å². The summed E-state index contributed by atoms with van der Waals surface area (Å²) in [6, 6.07) is 0.529. The SMILES string of the molecule is CS(=O)(=O)N1CCC(CN=C(N)NC2CC2)CC1. The van der Waals surface area contributed by atoms with Gasteiger partial charge in [0.1, 0.15) is 0 Å². The van der Waals surface area contributed by atoms with Crippen molar-refractivity contribution in [2.24, 2.45) is 16.6 Å². The summed E-state index contributed by atoms with van der Waals surface area (Å²) in [5.74, 6) is 0.977. The van der Waals surface area contributed by atoms with Crippen LogP contribution in [0.25, 0.3) is 0 Å². The standard InChI is InChI=1S/C11H22N4O2S/c1-18(16,17)15-6-4-9(5-7-15)8-13-11(12)14-10-2-3-10/h9-10H,2-8H2,1H3,(H3,12,13,14). The maximum atomic E-state index is 11.4. The van der Waals surface area contributed by atoms with Crippen LogP contribution < -0.4 is 11.1 Å². The van der Waals surface area contributed by atoms with E-state index in [2.05, 4.69) is 10.3 Å². The fourth-order valence-electron chi connectivity index (χ4n) is 2.13. The first-order valence-electron chi connectivity index (χ1n) is 6.47. The highest BCUT2D eigenvalue weighted by molar-refractivity contribution is 7.88. The van der Waals surface area contributed by atoms with Crippen LogP contribution in [0.5, 0.6) is 0 Å². The molecule has 18 heavy (non-hydrogen) atoms. The molecule has 0 aromatic heterocycles. The minimum absolute atomic E-state index is 0.447. The summed E-state index contributed by atoms with van der Waals surface area (Å²) in [5, 5.41) is 3.15. The van der Waals surface area contributed by atoms with Crippen LogP contribution in [0, 0.1) is 5.92 Å². The molecule has 2 rings (SSSR count). The zero-order valence-electron chi connectivity index (χ0n) is 10.8. The normalized spacial score (nSPS) is 24.2. The molecule has 0 bridgehead atoms. The minimum Gasteiger partial charge on any atom is -0.370 e. The smallest absolute Gasteiger partial charge is 0.211 e. The second-order valence-corrected chi connectivity index (χ2v) is 7.23. The third kappa shape index (κ3) is 4.13. The van der Waals surface area contributed by atoms with Crippen LogP contribution in [0.1, 0.15) is 25.7 Å². The molecule has 0 spiro atoms. The predicted molar refractivity (Wildman–Crippen MR) is 71.8 cm³/mol. The molecule has 0 aromatic rings. The zero-order chi connectivity index (χ0) is 13.2. The molecular weight excluding hydrogens is 252 g/mol. The van der Waals surface area contributed by atoms with Crippen molar-refractivity contribution in [1.82, 2.24) is 9.62 Å². The summed E-state index contributed by atoms with van der Waals surface area (Å²) < 4.78 is 24.3. The average Bonchev–Trinajstić information content (AvgIpc) is 3.10. The fraction of sp³-hybridized carbons (Fsp3) is 0.909. The van der Waals surface area contributed by atoms with E-state index in [-0.39, 0.29) is 0 Å². The van der Waals surface area contributed by atoms with Crippen LogP contribution in [0.4, 0.5) is 0 Å². The molecule has 2 fully saturated rings. The summed E-state index contributed by atoms with van der Waals surface area (Å²) in [4.78, 5) is 4.33. The summed E-state index contributed by atoms with van der Waals surface area (Å²) in [5.41, 5.74) is 5.76. The molecule has 0 atom stereocenters. The van der Waals surface area contributed by atoms with E-state index >= 15 is 0 Å². The number of sulfonamides is 1. The highest BCUT2D eigenvalue weighted by Gasteiger charge is 2.25. The largest absolute Gasteiger partial charge is 0.370 e. The van der Waals surface area contributed by atoms with Crippen LogP contribution in [0.15, 0.2) is 4.99 Å². The van der Waals surface area contributed by atoms with Crippen LogP contribution in [-0.2, 0) is 10.0 Å². The topological polar surface area (TPSA) is 87.8 Å². The van der Waals surface area contributed by atoms with E-state index < -0.39 is 10.0 Å². The van der Waals surface area contributed by atoms with Gasteiger partial charge in [0.2, 0.25) is 10.0 Å². The molecule has 0 aromatic carbocycles. The molecule has 1 aliphatic heterocycles. The summed E-state index contributed by atoms with van der Waals surface area (Å²) in [6.07, 6.45) is 5.37. The Hall–Kier alpha value is -0.820. The van der Waals surface area contributed by atoms with Crippen molar-refractivity contribution in [3.05, 3.63) is 0 Å². The number of guanidine groups is 1. The Kier molecular flexibility index (Phi) is 4.11. The van der Waals surface area contributed by atoms with Gasteiger partial charge in [-0.2, -0.15) is 0 Å². The Morgan fingerprint density at radius 1 is 1.33 bits per heavy atom. The van der Waals surface area contributed by atoms with Crippen LogP contribution in [0.2, 0.25) is 0 Å². The first-order valence-corrected chi connectivity index (χ1v) is 8.31. The molecule has 7 heteroatoms. The Labute approximate surface area is 109 Å². The maximum absolute atomic E-state index is 11.4. The quantitative estimate of drug-likeness (QED) is 0.545. The number of rotatable bonds is 4. The Bertz CT molecular complexity index is 409. The van der Waals surface area contributed by atoms with Gasteiger partial charge >= 0.3 is 0 Å². The number of hydrogen-bond donors (Lipinski definition) is 2. The number of piperidine rings is 1. The fourth-order valence-corrected chi connectivity index (χ4v) is 3.01. The van der Waals surface area contributed by atoms with Gasteiger partial charge in [-0.1, -0.05) is 0 Å². The highest BCUT2D eigenvalue weighted by Crippen LogP contribution is 2.20. The second kappa shape index (κ2) is 5.44. The maximum Gasteiger partial charge on any atom is 0.211 e. The molecule has 104 valence electrons. The van der Waals surface area contributed by atoms with Gasteiger partial charge in [0.05, 0.1) is 6.26 Å². The molecular formula is C11H22N4O2S. The second-order valence-electron chi connectivity index (χ2n) is 5.25. The lowest BCUT2D eigenvalue weighted by atomic mass is 9.98. The van der Waals surface area contributed by atoms with Crippen LogP contribution in [-0.4, -0.2) is 50.6 Å². The lowest BCUT2D eigenvalue weighted by Crippen LogP contribution is -2.39. The molecule has 1 saturated heterocycles. The first kappa shape index (κ1) is 13.6. The lowest BCUT2D eigenvalue weighted by Gasteiger charge is -2.29. The number of nitrogens with zero attached hydrogens (tertiary/aromatic N) is 2. The van der Waals surface area contributed by atoms with E-state index in [1.165, 1.54) is 19.1 Å². The van der Waals surface area contributed by atoms with Gasteiger partial charge in [0.15, 0.2) is 5.96 Å². The van der Waals surface area contributed by atoms with Gasteiger partial charge < -0.3 is 11.1 Å². The first-order chi connectivity index (χ1) is 8.45. The Balaban J connectivity index is 1.73. The van der Waals surface area contributed by atoms with Gasteiger partial charge in [0.25, 0.3) is 0 Å². The van der Waals surface area contributed by atoms with Crippen molar-refractivity contribution in [3.8, 4) is 0 Å². The van der Waals surface area contributed by atoms with E-state index in [0.717, 1.165) is 12.8 Å².